The fourth-order valence-electron chi connectivity index (χ4n) is 3.00. The van der Waals surface area contributed by atoms with Gasteiger partial charge < -0.3 is 10.1 Å². The van der Waals surface area contributed by atoms with Gasteiger partial charge in [0.25, 0.3) is 5.91 Å². The average molecular weight is 398 g/mol. The minimum atomic E-state index is -0.534. The van der Waals surface area contributed by atoms with Crippen LogP contribution in [0.4, 0.5) is 0 Å². The molecule has 0 saturated carbocycles. The maximum absolute atomic E-state index is 12.5. The molecule has 0 spiro atoms. The lowest BCUT2D eigenvalue weighted by atomic mass is 10.2. The monoisotopic (exact) mass is 397 g/mol. The molecule has 0 bridgehead atoms. The Balaban J connectivity index is 1.60. The predicted molar refractivity (Wildman–Crippen MR) is 108 cm³/mol. The van der Waals surface area contributed by atoms with Crippen LogP contribution in [0, 0.1) is 13.8 Å². The first kappa shape index (κ1) is 19.8. The Morgan fingerprint density at radius 1 is 1.18 bits per heavy atom. The summed E-state index contributed by atoms with van der Waals surface area (Å²) in [5.74, 6) is -0.866. The number of amides is 1. The van der Waals surface area contributed by atoms with Crippen molar-refractivity contribution in [2.45, 2.75) is 33.4 Å². The minimum Gasteiger partial charge on any atom is -0.452 e. The Hall–Kier alpha value is -2.93. The number of rotatable bonds is 7. The molecule has 1 N–H and O–H groups in total. The summed E-state index contributed by atoms with van der Waals surface area (Å²) in [6.07, 6.45) is 0. The van der Waals surface area contributed by atoms with Crippen molar-refractivity contribution >= 4 is 23.2 Å². The fourth-order valence-corrected chi connectivity index (χ4v) is 3.73. The fraction of sp³-hybridized carbons (Fsp3) is 0.286. The molecule has 7 heteroatoms. The largest absolute Gasteiger partial charge is 0.452 e. The predicted octanol–water partition coefficient (Wildman–Crippen LogP) is 3.64. The van der Waals surface area contributed by atoms with E-state index in [-0.39, 0.29) is 18.6 Å². The van der Waals surface area contributed by atoms with E-state index in [0.29, 0.717) is 17.8 Å². The molecule has 0 radical (unpaired) electrons. The van der Waals surface area contributed by atoms with Gasteiger partial charge in [-0.1, -0.05) is 36.4 Å². The smallest absolute Gasteiger partial charge is 0.342 e. The van der Waals surface area contributed by atoms with E-state index in [0.717, 1.165) is 16.1 Å². The van der Waals surface area contributed by atoms with E-state index in [1.54, 1.807) is 22.9 Å². The van der Waals surface area contributed by atoms with Crippen LogP contribution in [0.3, 0.4) is 0 Å². The van der Waals surface area contributed by atoms with Crippen molar-refractivity contribution in [3.63, 3.8) is 0 Å². The third kappa shape index (κ3) is 4.67. The zero-order valence-electron chi connectivity index (χ0n) is 16.1. The van der Waals surface area contributed by atoms with Crippen molar-refractivity contribution in [1.29, 1.82) is 0 Å². The highest BCUT2D eigenvalue weighted by molar-refractivity contribution is 7.10. The molecule has 0 aliphatic carbocycles. The van der Waals surface area contributed by atoms with Crippen LogP contribution in [0.5, 0.6) is 0 Å². The number of nitrogens with zero attached hydrogens (tertiary/aromatic N) is 2. The lowest BCUT2D eigenvalue weighted by Gasteiger charge is -2.12. The van der Waals surface area contributed by atoms with Gasteiger partial charge in [0.15, 0.2) is 6.61 Å². The Bertz CT molecular complexity index is 949. The molecule has 0 saturated heterocycles. The Kier molecular flexibility index (Phi) is 6.26. The zero-order chi connectivity index (χ0) is 20.1. The highest BCUT2D eigenvalue weighted by Gasteiger charge is 2.21. The molecule has 3 aromatic rings. The second-order valence-corrected chi connectivity index (χ2v) is 7.55. The summed E-state index contributed by atoms with van der Waals surface area (Å²) in [6.45, 7) is 5.74. The first-order valence-corrected chi connectivity index (χ1v) is 9.91. The van der Waals surface area contributed by atoms with E-state index in [9.17, 15) is 9.59 Å². The maximum atomic E-state index is 12.5. The Labute approximate surface area is 168 Å². The second kappa shape index (κ2) is 8.84. The lowest BCUT2D eigenvalue weighted by molar-refractivity contribution is -0.124. The van der Waals surface area contributed by atoms with Gasteiger partial charge in [0.05, 0.1) is 24.0 Å². The van der Waals surface area contributed by atoms with E-state index in [4.69, 9.17) is 4.74 Å². The number of aromatic nitrogens is 2. The number of thiophene rings is 1. The van der Waals surface area contributed by atoms with E-state index in [1.807, 2.05) is 61.7 Å². The van der Waals surface area contributed by atoms with Crippen LogP contribution < -0.4 is 5.32 Å². The summed E-state index contributed by atoms with van der Waals surface area (Å²) < 4.78 is 7.01. The van der Waals surface area contributed by atoms with E-state index in [2.05, 4.69) is 10.4 Å². The van der Waals surface area contributed by atoms with Crippen molar-refractivity contribution in [2.75, 3.05) is 6.61 Å². The van der Waals surface area contributed by atoms with E-state index in [1.165, 1.54) is 0 Å². The molecule has 28 heavy (non-hydrogen) atoms. The standard InChI is InChI=1S/C21H23N3O3S/c1-14(18-10-7-11-28-18)22-19(25)13-27-21(26)20-15(2)23-24(16(20)3)12-17-8-5-4-6-9-17/h4-11,14H,12-13H2,1-3H3,(H,22,25)/t14-/m1/s1. The molecule has 2 heterocycles. The van der Waals surface area contributed by atoms with Crippen LogP contribution in [0.1, 0.15) is 45.2 Å². The number of nitrogens with one attached hydrogen (secondary N) is 1. The molecule has 146 valence electrons. The van der Waals surface area contributed by atoms with Gasteiger partial charge in [-0.05, 0) is 37.8 Å². The summed E-state index contributed by atoms with van der Waals surface area (Å²) in [6, 6.07) is 13.7. The normalized spacial score (nSPS) is 11.8. The summed E-state index contributed by atoms with van der Waals surface area (Å²) in [7, 11) is 0. The van der Waals surface area contributed by atoms with Crippen LogP contribution in [0.2, 0.25) is 0 Å². The van der Waals surface area contributed by atoms with Gasteiger partial charge in [-0.15, -0.1) is 11.3 Å². The molecule has 2 aromatic heterocycles. The third-order valence-electron chi connectivity index (χ3n) is 4.44. The lowest BCUT2D eigenvalue weighted by Crippen LogP contribution is -2.30. The molecule has 3 rings (SSSR count). The number of carbonyl (C=O) groups is 2. The van der Waals surface area contributed by atoms with Crippen molar-refractivity contribution in [3.05, 3.63) is 75.2 Å². The summed E-state index contributed by atoms with van der Waals surface area (Å²) in [4.78, 5) is 25.7. The molecule has 0 fully saturated rings. The van der Waals surface area contributed by atoms with Gasteiger partial charge >= 0.3 is 5.97 Å². The van der Waals surface area contributed by atoms with Crippen LogP contribution in [0.15, 0.2) is 47.8 Å². The van der Waals surface area contributed by atoms with E-state index >= 15 is 0 Å². The highest BCUT2D eigenvalue weighted by atomic mass is 32.1. The van der Waals surface area contributed by atoms with Crippen LogP contribution >= 0.6 is 11.3 Å². The first-order valence-electron chi connectivity index (χ1n) is 9.03. The minimum absolute atomic E-state index is 0.122. The highest BCUT2D eigenvalue weighted by Crippen LogP contribution is 2.18. The van der Waals surface area contributed by atoms with Crippen molar-refractivity contribution in [1.82, 2.24) is 15.1 Å². The average Bonchev–Trinajstić information content (AvgIpc) is 3.30. The van der Waals surface area contributed by atoms with Gasteiger partial charge in [0.1, 0.15) is 5.56 Å². The molecule has 1 aromatic carbocycles. The van der Waals surface area contributed by atoms with Crippen LogP contribution in [-0.4, -0.2) is 28.3 Å². The second-order valence-electron chi connectivity index (χ2n) is 6.57. The van der Waals surface area contributed by atoms with Crippen molar-refractivity contribution < 1.29 is 14.3 Å². The molecule has 0 unspecified atom stereocenters. The topological polar surface area (TPSA) is 73.2 Å². The molecule has 1 amide bonds. The van der Waals surface area contributed by atoms with Crippen molar-refractivity contribution in [2.24, 2.45) is 0 Å². The number of hydrogen-bond acceptors (Lipinski definition) is 5. The van der Waals surface area contributed by atoms with E-state index < -0.39 is 5.97 Å². The quantitative estimate of drug-likeness (QED) is 0.618. The molecule has 1 atom stereocenters. The number of carbonyl (C=O) groups excluding carboxylic acids is 2. The summed E-state index contributed by atoms with van der Waals surface area (Å²) >= 11 is 1.57. The first-order chi connectivity index (χ1) is 13.5. The number of hydrogen-bond donors (Lipinski definition) is 1. The molecular formula is C21H23N3O3S. The number of benzene rings is 1. The van der Waals surface area contributed by atoms with Crippen LogP contribution in [-0.2, 0) is 16.1 Å². The molecule has 6 nitrogen and oxygen atoms in total. The number of esters is 1. The molecule has 0 aliphatic heterocycles. The SMILES string of the molecule is Cc1nn(Cc2ccccc2)c(C)c1C(=O)OCC(=O)N[C@H](C)c1cccs1. The maximum Gasteiger partial charge on any atom is 0.342 e. The van der Waals surface area contributed by atoms with Gasteiger partial charge in [0.2, 0.25) is 0 Å². The van der Waals surface area contributed by atoms with Gasteiger partial charge in [-0.3, -0.25) is 9.48 Å². The Morgan fingerprint density at radius 2 is 1.93 bits per heavy atom. The third-order valence-corrected chi connectivity index (χ3v) is 5.50. The summed E-state index contributed by atoms with van der Waals surface area (Å²) in [5.41, 5.74) is 2.81. The number of ether oxygens (including phenoxy) is 1. The van der Waals surface area contributed by atoms with Gasteiger partial charge in [0, 0.05) is 4.88 Å². The van der Waals surface area contributed by atoms with Gasteiger partial charge in [-0.25, -0.2) is 4.79 Å². The van der Waals surface area contributed by atoms with Crippen LogP contribution in [0.25, 0.3) is 0 Å². The van der Waals surface area contributed by atoms with Crippen molar-refractivity contribution in [3.8, 4) is 0 Å². The van der Waals surface area contributed by atoms with Gasteiger partial charge in [-0.2, -0.15) is 5.10 Å². The summed E-state index contributed by atoms with van der Waals surface area (Å²) in [5, 5.41) is 9.24. The zero-order valence-corrected chi connectivity index (χ0v) is 17.0. The molecule has 0 aliphatic rings. The molecular weight excluding hydrogens is 374 g/mol. The Morgan fingerprint density at radius 3 is 2.61 bits per heavy atom. The number of aryl methyl sites for hydroxylation is 1.